The van der Waals surface area contributed by atoms with Gasteiger partial charge in [0.15, 0.2) is 0 Å². The number of hydrogen-bond acceptors (Lipinski definition) is 6. The quantitative estimate of drug-likeness (QED) is 0.505. The SMILES string of the molecule is CC(C)c1nc2c(c(Nc3ccc4c(c3)N(C)CCC4(C)C)n1)CCN(C1=NC=CCC1C(F)(F)F)CC2. The van der Waals surface area contributed by atoms with E-state index in [0.29, 0.717) is 25.9 Å². The summed E-state index contributed by atoms with van der Waals surface area (Å²) in [6, 6.07) is 6.48. The first kappa shape index (κ1) is 26.5. The van der Waals surface area contributed by atoms with E-state index in [9.17, 15) is 13.2 Å². The molecule has 6 nitrogen and oxygen atoms in total. The minimum absolute atomic E-state index is 0.0700. The van der Waals surface area contributed by atoms with Crippen LogP contribution in [0, 0.1) is 5.92 Å². The minimum atomic E-state index is -4.33. The zero-order valence-electron chi connectivity index (χ0n) is 22.9. The van der Waals surface area contributed by atoms with Crippen molar-refractivity contribution in [1.29, 1.82) is 0 Å². The third-order valence-electron chi connectivity index (χ3n) is 8.06. The smallest absolute Gasteiger partial charge is 0.374 e. The van der Waals surface area contributed by atoms with Crippen molar-refractivity contribution < 1.29 is 13.2 Å². The minimum Gasteiger partial charge on any atom is -0.374 e. The van der Waals surface area contributed by atoms with Crippen LogP contribution in [0.3, 0.4) is 0 Å². The molecule has 204 valence electrons. The fourth-order valence-corrected chi connectivity index (χ4v) is 5.65. The van der Waals surface area contributed by atoms with E-state index in [1.807, 2.05) is 0 Å². The molecule has 38 heavy (non-hydrogen) atoms. The Bertz CT molecular complexity index is 1260. The first-order valence-electron chi connectivity index (χ1n) is 13.5. The topological polar surface area (TPSA) is 56.7 Å². The van der Waals surface area contributed by atoms with Crippen LogP contribution in [0.1, 0.15) is 69.1 Å². The molecular weight excluding hydrogens is 489 g/mol. The maximum Gasteiger partial charge on any atom is 0.399 e. The second-order valence-corrected chi connectivity index (χ2v) is 11.6. The van der Waals surface area contributed by atoms with Gasteiger partial charge in [0.25, 0.3) is 0 Å². The first-order chi connectivity index (χ1) is 17.9. The van der Waals surface area contributed by atoms with Gasteiger partial charge in [-0.05, 0) is 42.4 Å². The molecule has 3 aliphatic rings. The Kier molecular flexibility index (Phi) is 6.90. The molecule has 5 rings (SSSR count). The van der Waals surface area contributed by atoms with E-state index in [1.165, 1.54) is 23.5 Å². The maximum absolute atomic E-state index is 13.8. The average molecular weight is 527 g/mol. The lowest BCUT2D eigenvalue weighted by Crippen LogP contribution is -2.44. The lowest BCUT2D eigenvalue weighted by Gasteiger charge is -2.38. The third kappa shape index (κ3) is 5.12. The van der Waals surface area contributed by atoms with Crippen molar-refractivity contribution in [3.63, 3.8) is 0 Å². The number of fused-ring (bicyclic) bond motifs is 2. The molecule has 0 fully saturated rings. The second-order valence-electron chi connectivity index (χ2n) is 11.6. The summed E-state index contributed by atoms with van der Waals surface area (Å²) in [4.78, 5) is 18.0. The highest BCUT2D eigenvalue weighted by Gasteiger charge is 2.45. The molecule has 0 bridgehead atoms. The number of halogens is 3. The molecule has 3 aliphatic heterocycles. The van der Waals surface area contributed by atoms with Gasteiger partial charge < -0.3 is 15.1 Å². The van der Waals surface area contributed by atoms with E-state index in [1.54, 1.807) is 4.90 Å². The van der Waals surface area contributed by atoms with Crippen LogP contribution in [-0.4, -0.2) is 53.6 Å². The highest BCUT2D eigenvalue weighted by molar-refractivity contribution is 5.87. The molecule has 0 radical (unpaired) electrons. The molecule has 0 aliphatic carbocycles. The van der Waals surface area contributed by atoms with Gasteiger partial charge in [0, 0.05) is 62.2 Å². The molecule has 2 aromatic rings. The number of anilines is 3. The molecule has 9 heteroatoms. The molecule has 1 N–H and O–H groups in total. The summed E-state index contributed by atoms with van der Waals surface area (Å²) in [5, 5.41) is 3.56. The summed E-state index contributed by atoms with van der Waals surface area (Å²) < 4.78 is 41.3. The molecule has 1 aromatic carbocycles. The monoisotopic (exact) mass is 526 g/mol. The van der Waals surface area contributed by atoms with Crippen molar-refractivity contribution in [1.82, 2.24) is 14.9 Å². The van der Waals surface area contributed by atoms with Crippen molar-refractivity contribution in [3.8, 4) is 0 Å². The lowest BCUT2D eigenvalue weighted by molar-refractivity contribution is -0.156. The van der Waals surface area contributed by atoms with E-state index in [2.05, 4.69) is 68.2 Å². The van der Waals surface area contributed by atoms with Gasteiger partial charge in [-0.1, -0.05) is 39.8 Å². The number of hydrogen-bond donors (Lipinski definition) is 1. The van der Waals surface area contributed by atoms with Gasteiger partial charge in [0.2, 0.25) is 0 Å². The standard InChI is InChI=1S/C29H37F3N6/c1-18(2)25-35-23-11-15-38(27-22(29(30,31)32)7-6-13-33-27)14-10-20(23)26(36-25)34-19-8-9-21-24(17-19)37(5)16-12-28(21,3)4/h6,8-9,13,17-18,22H,7,10-12,14-16H2,1-5H3,(H,34,35,36). The number of allylic oxidation sites excluding steroid dienone is 1. The van der Waals surface area contributed by atoms with E-state index >= 15 is 0 Å². The summed E-state index contributed by atoms with van der Waals surface area (Å²) in [6.07, 6.45) is 0.782. The lowest BCUT2D eigenvalue weighted by atomic mass is 9.78. The van der Waals surface area contributed by atoms with Gasteiger partial charge in [0.1, 0.15) is 23.4 Å². The molecular formula is C29H37F3N6. The fraction of sp³-hybridized carbons (Fsp3) is 0.552. The molecule has 0 saturated heterocycles. The van der Waals surface area contributed by atoms with Crippen LogP contribution < -0.4 is 10.2 Å². The highest BCUT2D eigenvalue weighted by Crippen LogP contribution is 2.41. The molecule has 0 saturated carbocycles. The van der Waals surface area contributed by atoms with E-state index < -0.39 is 12.1 Å². The number of aliphatic imine (C=N–C) groups is 1. The molecule has 0 amide bonds. The van der Waals surface area contributed by atoms with Crippen LogP contribution in [0.15, 0.2) is 35.5 Å². The predicted molar refractivity (Wildman–Crippen MR) is 146 cm³/mol. The Hall–Kier alpha value is -3.10. The molecule has 4 heterocycles. The zero-order valence-corrected chi connectivity index (χ0v) is 22.9. The second kappa shape index (κ2) is 9.89. The van der Waals surface area contributed by atoms with Crippen molar-refractivity contribution in [2.24, 2.45) is 10.9 Å². The fourth-order valence-electron chi connectivity index (χ4n) is 5.65. The maximum atomic E-state index is 13.8. The van der Waals surface area contributed by atoms with E-state index in [4.69, 9.17) is 9.97 Å². The zero-order chi connectivity index (χ0) is 27.2. The van der Waals surface area contributed by atoms with Crippen LogP contribution >= 0.6 is 0 Å². The van der Waals surface area contributed by atoms with Gasteiger partial charge >= 0.3 is 6.18 Å². The summed E-state index contributed by atoms with van der Waals surface area (Å²) in [5.74, 6) is 0.149. The number of amidine groups is 1. The molecule has 0 spiro atoms. The van der Waals surface area contributed by atoms with Crippen molar-refractivity contribution >= 4 is 23.0 Å². The Morgan fingerprint density at radius 3 is 2.58 bits per heavy atom. The summed E-state index contributed by atoms with van der Waals surface area (Å²) in [5.41, 5.74) is 5.48. The third-order valence-corrected chi connectivity index (χ3v) is 8.06. The van der Waals surface area contributed by atoms with Crippen LogP contribution in [0.2, 0.25) is 0 Å². The van der Waals surface area contributed by atoms with Gasteiger partial charge in [-0.3, -0.25) is 0 Å². The van der Waals surface area contributed by atoms with Gasteiger partial charge in [0.05, 0.1) is 5.69 Å². The molecule has 1 aromatic heterocycles. The number of aromatic nitrogens is 2. The van der Waals surface area contributed by atoms with E-state index in [-0.39, 0.29) is 23.6 Å². The van der Waals surface area contributed by atoms with Crippen molar-refractivity contribution in [2.45, 2.75) is 70.9 Å². The van der Waals surface area contributed by atoms with Crippen molar-refractivity contribution in [2.75, 3.05) is 36.9 Å². The number of alkyl halides is 3. The van der Waals surface area contributed by atoms with Crippen LogP contribution in [0.5, 0.6) is 0 Å². The predicted octanol–water partition coefficient (Wildman–Crippen LogP) is 6.36. The largest absolute Gasteiger partial charge is 0.399 e. The van der Waals surface area contributed by atoms with Crippen LogP contribution in [0.4, 0.5) is 30.4 Å². The Morgan fingerprint density at radius 2 is 1.84 bits per heavy atom. The van der Waals surface area contributed by atoms with Gasteiger partial charge in [-0.15, -0.1) is 0 Å². The van der Waals surface area contributed by atoms with Crippen LogP contribution in [-0.2, 0) is 18.3 Å². The van der Waals surface area contributed by atoms with E-state index in [0.717, 1.165) is 41.6 Å². The van der Waals surface area contributed by atoms with Crippen molar-refractivity contribution in [3.05, 3.63) is 53.1 Å². The first-order valence-corrected chi connectivity index (χ1v) is 13.5. The Labute approximate surface area is 223 Å². The number of benzene rings is 1. The highest BCUT2D eigenvalue weighted by atomic mass is 19.4. The summed E-state index contributed by atoms with van der Waals surface area (Å²) in [7, 11) is 2.12. The summed E-state index contributed by atoms with van der Waals surface area (Å²) >= 11 is 0. The normalized spacial score (nSPS) is 21.1. The average Bonchev–Trinajstić information content (AvgIpc) is 3.09. The number of nitrogens with one attached hydrogen (secondary N) is 1. The number of nitrogens with zero attached hydrogens (tertiary/aromatic N) is 5. The Morgan fingerprint density at radius 1 is 1.08 bits per heavy atom. The molecule has 1 atom stereocenters. The molecule has 1 unspecified atom stereocenters. The van der Waals surface area contributed by atoms with Gasteiger partial charge in [-0.25, -0.2) is 15.0 Å². The number of rotatable bonds is 3. The van der Waals surface area contributed by atoms with Crippen LogP contribution in [0.25, 0.3) is 0 Å². The van der Waals surface area contributed by atoms with Gasteiger partial charge in [-0.2, -0.15) is 13.2 Å². The summed E-state index contributed by atoms with van der Waals surface area (Å²) in [6.45, 7) is 10.6. The Balaban J connectivity index is 1.46.